The van der Waals surface area contributed by atoms with E-state index >= 15 is 0 Å². The fraction of sp³-hybridized carbons (Fsp3) is 0.267. The molecule has 1 aliphatic rings. The summed E-state index contributed by atoms with van der Waals surface area (Å²) in [5.41, 5.74) is 2.81. The Balaban J connectivity index is 1.56. The Labute approximate surface area is 214 Å². The standard InChI is InChI=1S/C30H28O7/c1-3-8-21-15-22-26(17-25(21)37-29(30(32)33-4-2)19-9-6-5-7-10-19)36-18-23(28(22)31)20-11-12-24-27(16-20)35-14-13-34-24/h5-7,9-12,15-18,29H,3-4,8,13-14H2,1-2H3. The third kappa shape index (κ3) is 5.03. The van der Waals surface area contributed by atoms with Crippen LogP contribution in [-0.2, 0) is 16.0 Å². The molecule has 0 N–H and O–H groups in total. The first-order valence-corrected chi connectivity index (χ1v) is 12.5. The second-order valence-electron chi connectivity index (χ2n) is 8.70. The SMILES string of the molecule is CCCc1cc2c(=O)c(-c3ccc4c(c3)OCCO4)coc2cc1OC(C(=O)OCC)c1ccccc1. The second-order valence-corrected chi connectivity index (χ2v) is 8.70. The molecule has 0 radical (unpaired) electrons. The van der Waals surface area contributed by atoms with Crippen LogP contribution in [0, 0.1) is 0 Å². The van der Waals surface area contributed by atoms with Crippen LogP contribution in [0.15, 0.2) is 76.1 Å². The van der Waals surface area contributed by atoms with Gasteiger partial charge in [-0.25, -0.2) is 4.79 Å². The molecular formula is C30H28O7. The van der Waals surface area contributed by atoms with Crippen molar-refractivity contribution in [3.63, 3.8) is 0 Å². The zero-order chi connectivity index (χ0) is 25.8. The summed E-state index contributed by atoms with van der Waals surface area (Å²) in [6.07, 6.45) is 1.98. The Bertz CT molecular complexity index is 1470. The van der Waals surface area contributed by atoms with E-state index in [9.17, 15) is 9.59 Å². The molecule has 0 saturated heterocycles. The lowest BCUT2D eigenvalue weighted by Crippen LogP contribution is -2.22. The molecule has 0 spiro atoms. The van der Waals surface area contributed by atoms with Gasteiger partial charge in [0, 0.05) is 11.6 Å². The molecule has 1 aromatic heterocycles. The number of benzene rings is 3. The van der Waals surface area contributed by atoms with Gasteiger partial charge in [-0.3, -0.25) is 4.79 Å². The lowest BCUT2D eigenvalue weighted by molar-refractivity contribution is -0.151. The number of fused-ring (bicyclic) bond motifs is 2. The van der Waals surface area contributed by atoms with Crippen LogP contribution in [0.4, 0.5) is 0 Å². The zero-order valence-corrected chi connectivity index (χ0v) is 20.8. The molecule has 1 atom stereocenters. The van der Waals surface area contributed by atoms with Gasteiger partial charge in [0.1, 0.15) is 30.8 Å². The van der Waals surface area contributed by atoms with Gasteiger partial charge in [0.05, 0.1) is 17.6 Å². The number of rotatable bonds is 8. The van der Waals surface area contributed by atoms with E-state index in [0.717, 1.165) is 12.0 Å². The number of hydrogen-bond acceptors (Lipinski definition) is 7. The van der Waals surface area contributed by atoms with Crippen molar-refractivity contribution in [3.8, 4) is 28.4 Å². The van der Waals surface area contributed by atoms with Gasteiger partial charge in [-0.1, -0.05) is 49.7 Å². The average molecular weight is 501 g/mol. The van der Waals surface area contributed by atoms with Crippen molar-refractivity contribution in [3.05, 3.63) is 88.3 Å². The molecular weight excluding hydrogens is 472 g/mol. The first-order valence-electron chi connectivity index (χ1n) is 12.5. The molecule has 5 rings (SSSR count). The van der Waals surface area contributed by atoms with Gasteiger partial charge in [-0.15, -0.1) is 0 Å². The molecule has 0 fully saturated rings. The number of aryl methyl sites for hydroxylation is 1. The summed E-state index contributed by atoms with van der Waals surface area (Å²) in [5.74, 6) is 1.25. The number of carbonyl (C=O) groups is 1. The van der Waals surface area contributed by atoms with E-state index in [1.54, 1.807) is 31.2 Å². The van der Waals surface area contributed by atoms with Crippen molar-refractivity contribution < 1.29 is 28.2 Å². The molecule has 7 nitrogen and oxygen atoms in total. The molecule has 0 bridgehead atoms. The highest BCUT2D eigenvalue weighted by Crippen LogP contribution is 2.35. The van der Waals surface area contributed by atoms with E-state index < -0.39 is 12.1 Å². The van der Waals surface area contributed by atoms with Crippen molar-refractivity contribution >= 4 is 16.9 Å². The molecule has 7 heteroatoms. The molecule has 1 unspecified atom stereocenters. The third-order valence-corrected chi connectivity index (χ3v) is 6.18. The summed E-state index contributed by atoms with van der Waals surface area (Å²) in [6.45, 7) is 5.00. The minimum absolute atomic E-state index is 0.160. The predicted octanol–water partition coefficient (Wildman–Crippen LogP) is 5.87. The zero-order valence-electron chi connectivity index (χ0n) is 20.8. The second kappa shape index (κ2) is 10.8. The third-order valence-electron chi connectivity index (χ3n) is 6.18. The molecule has 4 aromatic rings. The molecule has 3 aromatic carbocycles. The van der Waals surface area contributed by atoms with E-state index in [1.807, 2.05) is 43.3 Å². The van der Waals surface area contributed by atoms with Crippen LogP contribution in [0.3, 0.4) is 0 Å². The minimum Gasteiger partial charge on any atom is -0.486 e. The number of ether oxygens (including phenoxy) is 4. The first-order chi connectivity index (χ1) is 18.1. The van der Waals surface area contributed by atoms with Crippen molar-refractivity contribution in [2.24, 2.45) is 0 Å². The van der Waals surface area contributed by atoms with Crippen LogP contribution < -0.4 is 19.6 Å². The number of esters is 1. The Hall–Kier alpha value is -4.26. The molecule has 2 heterocycles. The normalized spacial score (nSPS) is 13.2. The van der Waals surface area contributed by atoms with Crippen LogP contribution >= 0.6 is 0 Å². The minimum atomic E-state index is -0.946. The average Bonchev–Trinajstić information content (AvgIpc) is 2.93. The topological polar surface area (TPSA) is 84.2 Å². The van der Waals surface area contributed by atoms with Crippen molar-refractivity contribution in [2.75, 3.05) is 19.8 Å². The van der Waals surface area contributed by atoms with Gasteiger partial charge in [0.2, 0.25) is 11.5 Å². The van der Waals surface area contributed by atoms with E-state index in [2.05, 4.69) is 0 Å². The summed E-state index contributed by atoms with van der Waals surface area (Å²) in [6, 6.07) is 18.1. The molecule has 0 amide bonds. The van der Waals surface area contributed by atoms with E-state index in [-0.39, 0.29) is 12.0 Å². The molecule has 0 aliphatic carbocycles. The van der Waals surface area contributed by atoms with E-state index in [1.165, 1.54) is 6.26 Å². The maximum Gasteiger partial charge on any atom is 0.352 e. The Kier molecular flexibility index (Phi) is 7.12. The Morgan fingerprint density at radius 2 is 1.76 bits per heavy atom. The van der Waals surface area contributed by atoms with Gasteiger partial charge in [-0.05, 0) is 42.7 Å². The monoisotopic (exact) mass is 500 g/mol. The maximum absolute atomic E-state index is 13.6. The van der Waals surface area contributed by atoms with Crippen LogP contribution in [0.1, 0.15) is 37.5 Å². The first kappa shape index (κ1) is 24.4. The van der Waals surface area contributed by atoms with Crippen molar-refractivity contribution in [2.45, 2.75) is 32.8 Å². The summed E-state index contributed by atoms with van der Waals surface area (Å²) >= 11 is 0. The Morgan fingerprint density at radius 1 is 0.973 bits per heavy atom. The lowest BCUT2D eigenvalue weighted by Gasteiger charge is -2.20. The smallest absolute Gasteiger partial charge is 0.352 e. The highest BCUT2D eigenvalue weighted by Gasteiger charge is 2.26. The van der Waals surface area contributed by atoms with E-state index in [4.69, 9.17) is 23.4 Å². The number of hydrogen-bond donors (Lipinski definition) is 0. The van der Waals surface area contributed by atoms with Crippen LogP contribution in [0.2, 0.25) is 0 Å². The largest absolute Gasteiger partial charge is 0.486 e. The van der Waals surface area contributed by atoms with Gasteiger partial charge in [0.25, 0.3) is 0 Å². The van der Waals surface area contributed by atoms with Crippen molar-refractivity contribution in [1.82, 2.24) is 0 Å². The van der Waals surface area contributed by atoms with Gasteiger partial charge >= 0.3 is 5.97 Å². The highest BCUT2D eigenvalue weighted by molar-refractivity contribution is 5.84. The lowest BCUT2D eigenvalue weighted by atomic mass is 10.0. The molecule has 37 heavy (non-hydrogen) atoms. The summed E-state index contributed by atoms with van der Waals surface area (Å²) < 4.78 is 28.7. The van der Waals surface area contributed by atoms with Crippen LogP contribution in [0.25, 0.3) is 22.1 Å². The van der Waals surface area contributed by atoms with E-state index in [0.29, 0.717) is 64.5 Å². The maximum atomic E-state index is 13.6. The highest BCUT2D eigenvalue weighted by atomic mass is 16.6. The summed E-state index contributed by atoms with van der Waals surface area (Å²) in [7, 11) is 0. The van der Waals surface area contributed by atoms with Crippen LogP contribution in [0.5, 0.6) is 17.2 Å². The summed E-state index contributed by atoms with van der Waals surface area (Å²) in [4.78, 5) is 26.4. The van der Waals surface area contributed by atoms with Gasteiger partial charge in [0.15, 0.2) is 11.5 Å². The number of carbonyl (C=O) groups excluding carboxylic acids is 1. The molecule has 1 aliphatic heterocycles. The van der Waals surface area contributed by atoms with Gasteiger partial charge < -0.3 is 23.4 Å². The fourth-order valence-corrected chi connectivity index (χ4v) is 4.41. The van der Waals surface area contributed by atoms with Crippen molar-refractivity contribution in [1.29, 1.82) is 0 Å². The quantitative estimate of drug-likeness (QED) is 0.280. The van der Waals surface area contributed by atoms with Crippen LogP contribution in [-0.4, -0.2) is 25.8 Å². The summed E-state index contributed by atoms with van der Waals surface area (Å²) in [5, 5.41) is 0.440. The fourth-order valence-electron chi connectivity index (χ4n) is 4.41. The predicted molar refractivity (Wildman–Crippen MR) is 139 cm³/mol. The molecule has 0 saturated carbocycles. The molecule has 190 valence electrons. The Morgan fingerprint density at radius 3 is 2.51 bits per heavy atom. The van der Waals surface area contributed by atoms with Gasteiger partial charge in [-0.2, -0.15) is 0 Å².